The number of likely N-dealkylation sites (tertiary alicyclic amines) is 1. The highest BCUT2D eigenvalue weighted by molar-refractivity contribution is 5.67. The molecular weight excluding hydrogens is 440 g/mol. The molecule has 2 N–H and O–H groups in total. The van der Waals surface area contributed by atoms with E-state index in [1.54, 1.807) is 12.3 Å². The molecule has 1 aromatic carbocycles. The van der Waals surface area contributed by atoms with Crippen molar-refractivity contribution in [3.05, 3.63) is 52.4 Å². The van der Waals surface area contributed by atoms with Crippen LogP contribution < -0.4 is 10.5 Å². The standard InChI is InChI=1S/C27H30N6O2/c1-33-14-4-6-18(33)16-34-22-10-13-30-26(31-22)24-19-7-3-12-27(25(19)35-32-24)11-2-5-17-8-9-21(29)20(15-28)23(17)27/h8-10,13,18H,2-7,11-12,14,16,29H2,1H3/t18?,27-/m0/s1. The molecule has 1 unspecified atom stereocenters. The summed E-state index contributed by atoms with van der Waals surface area (Å²) in [6.45, 7) is 1.72. The van der Waals surface area contributed by atoms with Crippen LogP contribution in [0, 0.1) is 11.3 Å². The molecule has 2 atom stereocenters. The van der Waals surface area contributed by atoms with Gasteiger partial charge < -0.3 is 19.9 Å². The van der Waals surface area contributed by atoms with Crippen LogP contribution in [0.25, 0.3) is 11.5 Å². The van der Waals surface area contributed by atoms with E-state index in [1.807, 2.05) is 6.07 Å². The Morgan fingerprint density at radius 3 is 2.89 bits per heavy atom. The summed E-state index contributed by atoms with van der Waals surface area (Å²) in [7, 11) is 2.14. The molecular formula is C27H30N6O2. The number of likely N-dealkylation sites (N-methyl/N-ethyl adjacent to an activating group) is 1. The van der Waals surface area contributed by atoms with Crippen LogP contribution in [0.4, 0.5) is 5.69 Å². The molecule has 8 nitrogen and oxygen atoms in total. The fourth-order valence-corrected chi connectivity index (χ4v) is 6.40. The van der Waals surface area contributed by atoms with Gasteiger partial charge >= 0.3 is 0 Å². The van der Waals surface area contributed by atoms with Crippen LogP contribution in [0.3, 0.4) is 0 Å². The lowest BCUT2D eigenvalue weighted by atomic mass is 9.61. The van der Waals surface area contributed by atoms with Crippen molar-refractivity contribution in [2.24, 2.45) is 0 Å². The summed E-state index contributed by atoms with van der Waals surface area (Å²) in [5, 5.41) is 14.5. The number of anilines is 1. The summed E-state index contributed by atoms with van der Waals surface area (Å²) < 4.78 is 12.1. The normalized spacial score (nSPS) is 23.6. The molecule has 2 aliphatic carbocycles. The van der Waals surface area contributed by atoms with Crippen molar-refractivity contribution < 1.29 is 9.26 Å². The van der Waals surface area contributed by atoms with Crippen LogP contribution in [-0.4, -0.2) is 46.3 Å². The predicted octanol–water partition coefficient (Wildman–Crippen LogP) is 4.02. The molecule has 1 spiro atoms. The second-order valence-electron chi connectivity index (χ2n) is 10.1. The topological polar surface area (TPSA) is 114 Å². The summed E-state index contributed by atoms with van der Waals surface area (Å²) in [5.41, 5.74) is 10.9. The minimum Gasteiger partial charge on any atom is -0.476 e. The third-order valence-electron chi connectivity index (χ3n) is 8.15. The lowest BCUT2D eigenvalue weighted by molar-refractivity contribution is 0.193. The Kier molecular flexibility index (Phi) is 5.45. The van der Waals surface area contributed by atoms with Gasteiger partial charge in [0.2, 0.25) is 5.88 Å². The Bertz CT molecular complexity index is 1310. The Morgan fingerprint density at radius 1 is 1.23 bits per heavy atom. The summed E-state index contributed by atoms with van der Waals surface area (Å²) in [6.07, 6.45) is 9.70. The minimum atomic E-state index is -0.381. The zero-order valence-electron chi connectivity index (χ0n) is 20.1. The molecule has 1 aliphatic heterocycles. The predicted molar refractivity (Wildman–Crippen MR) is 131 cm³/mol. The lowest BCUT2D eigenvalue weighted by Gasteiger charge is -2.41. The van der Waals surface area contributed by atoms with Gasteiger partial charge in [-0.25, -0.2) is 4.98 Å². The summed E-state index contributed by atoms with van der Waals surface area (Å²) in [5.74, 6) is 1.93. The molecule has 0 amide bonds. The van der Waals surface area contributed by atoms with E-state index in [-0.39, 0.29) is 5.41 Å². The molecule has 0 saturated carbocycles. The van der Waals surface area contributed by atoms with Crippen LogP contribution in [-0.2, 0) is 18.3 Å². The van der Waals surface area contributed by atoms with Crippen molar-refractivity contribution in [3.8, 4) is 23.5 Å². The molecule has 6 rings (SSSR count). The Balaban J connectivity index is 1.37. The second kappa shape index (κ2) is 8.65. The van der Waals surface area contributed by atoms with Crippen LogP contribution in [0.2, 0.25) is 0 Å². The number of nitrogens with zero attached hydrogens (tertiary/aromatic N) is 5. The van der Waals surface area contributed by atoms with Gasteiger partial charge in [0, 0.05) is 29.6 Å². The van der Waals surface area contributed by atoms with Crippen molar-refractivity contribution in [2.45, 2.75) is 62.8 Å². The molecule has 180 valence electrons. The highest BCUT2D eigenvalue weighted by atomic mass is 16.5. The molecule has 1 saturated heterocycles. The monoisotopic (exact) mass is 470 g/mol. The maximum atomic E-state index is 9.98. The van der Waals surface area contributed by atoms with E-state index in [2.05, 4.69) is 39.2 Å². The highest BCUT2D eigenvalue weighted by Gasteiger charge is 2.47. The Hall–Kier alpha value is -3.44. The van der Waals surface area contributed by atoms with Crippen molar-refractivity contribution >= 4 is 5.69 Å². The first kappa shape index (κ1) is 22.1. The molecule has 2 aromatic heterocycles. The first-order valence-electron chi connectivity index (χ1n) is 12.6. The van der Waals surface area contributed by atoms with E-state index in [0.717, 1.165) is 68.4 Å². The number of ether oxygens (including phenoxy) is 1. The van der Waals surface area contributed by atoms with E-state index >= 15 is 0 Å². The third kappa shape index (κ3) is 3.57. The zero-order chi connectivity index (χ0) is 24.0. The number of rotatable bonds is 4. The van der Waals surface area contributed by atoms with E-state index in [0.29, 0.717) is 41.3 Å². The maximum Gasteiger partial charge on any atom is 0.216 e. The summed E-state index contributed by atoms with van der Waals surface area (Å²) >= 11 is 0. The largest absolute Gasteiger partial charge is 0.476 e. The van der Waals surface area contributed by atoms with Gasteiger partial charge in [0.15, 0.2) is 17.3 Å². The molecule has 0 radical (unpaired) electrons. The number of nitrogen functional groups attached to an aromatic ring is 1. The van der Waals surface area contributed by atoms with Crippen molar-refractivity contribution in [2.75, 3.05) is 25.9 Å². The average molecular weight is 471 g/mol. The molecule has 3 heterocycles. The quantitative estimate of drug-likeness (QED) is 0.569. The van der Waals surface area contributed by atoms with Gasteiger partial charge in [0.1, 0.15) is 12.7 Å². The van der Waals surface area contributed by atoms with Gasteiger partial charge in [-0.15, -0.1) is 0 Å². The third-order valence-corrected chi connectivity index (χ3v) is 8.15. The molecule has 3 aromatic rings. The van der Waals surface area contributed by atoms with Crippen LogP contribution in [0.5, 0.6) is 5.88 Å². The molecule has 35 heavy (non-hydrogen) atoms. The smallest absolute Gasteiger partial charge is 0.216 e. The zero-order valence-corrected chi connectivity index (χ0v) is 20.1. The first-order valence-corrected chi connectivity index (χ1v) is 12.6. The fraction of sp³-hybridized carbons (Fsp3) is 0.481. The SMILES string of the molecule is CN1CCCC1COc1ccnc(-c2noc3c2CCC[C@]32CCCc3ccc(N)c(C#N)c32)n1. The van der Waals surface area contributed by atoms with Gasteiger partial charge in [0.25, 0.3) is 0 Å². The van der Waals surface area contributed by atoms with Crippen LogP contribution >= 0.6 is 0 Å². The van der Waals surface area contributed by atoms with E-state index in [9.17, 15) is 5.26 Å². The van der Waals surface area contributed by atoms with Gasteiger partial charge in [-0.2, -0.15) is 10.2 Å². The van der Waals surface area contributed by atoms with E-state index < -0.39 is 0 Å². The number of hydrogen-bond donors (Lipinski definition) is 1. The van der Waals surface area contributed by atoms with E-state index in [4.69, 9.17) is 15.0 Å². The summed E-state index contributed by atoms with van der Waals surface area (Å²) in [4.78, 5) is 11.5. The molecule has 3 aliphatic rings. The lowest BCUT2D eigenvalue weighted by Crippen LogP contribution is -2.36. The highest BCUT2D eigenvalue weighted by Crippen LogP contribution is 2.53. The number of nitrogens with two attached hydrogens (primary N) is 1. The van der Waals surface area contributed by atoms with Gasteiger partial charge in [-0.3, -0.25) is 0 Å². The van der Waals surface area contributed by atoms with Crippen molar-refractivity contribution in [1.82, 2.24) is 20.0 Å². The first-order chi connectivity index (χ1) is 17.1. The van der Waals surface area contributed by atoms with E-state index in [1.165, 1.54) is 12.0 Å². The second-order valence-corrected chi connectivity index (χ2v) is 10.1. The van der Waals surface area contributed by atoms with Crippen LogP contribution in [0.1, 0.15) is 66.5 Å². The molecule has 8 heteroatoms. The fourth-order valence-electron chi connectivity index (χ4n) is 6.40. The molecule has 0 bridgehead atoms. The molecule has 1 fully saturated rings. The number of benzene rings is 1. The Morgan fingerprint density at radius 2 is 2.09 bits per heavy atom. The number of aryl methyl sites for hydroxylation is 1. The van der Waals surface area contributed by atoms with Gasteiger partial charge in [-0.1, -0.05) is 11.2 Å². The number of aromatic nitrogens is 3. The summed E-state index contributed by atoms with van der Waals surface area (Å²) in [6, 6.07) is 8.52. The van der Waals surface area contributed by atoms with Crippen molar-refractivity contribution in [3.63, 3.8) is 0 Å². The van der Waals surface area contributed by atoms with Crippen molar-refractivity contribution in [1.29, 1.82) is 5.26 Å². The minimum absolute atomic E-state index is 0.381. The number of hydrogen-bond acceptors (Lipinski definition) is 8. The Labute approximate surface area is 205 Å². The van der Waals surface area contributed by atoms with Gasteiger partial charge in [0.05, 0.1) is 11.0 Å². The number of nitriles is 1. The average Bonchev–Trinajstić information content (AvgIpc) is 3.50. The van der Waals surface area contributed by atoms with Crippen LogP contribution in [0.15, 0.2) is 28.9 Å². The van der Waals surface area contributed by atoms with Gasteiger partial charge in [-0.05, 0) is 82.2 Å². The number of fused-ring (bicyclic) bond motifs is 4. The maximum absolute atomic E-state index is 9.98.